The Labute approximate surface area is 140 Å². The number of hydrogen-bond acceptors (Lipinski definition) is 3. The van der Waals surface area contributed by atoms with Gasteiger partial charge in [-0.25, -0.2) is 0 Å². The van der Waals surface area contributed by atoms with E-state index in [0.29, 0.717) is 6.42 Å². The van der Waals surface area contributed by atoms with Crippen LogP contribution in [0.2, 0.25) is 0 Å². The third-order valence-corrected chi connectivity index (χ3v) is 7.05. The molecule has 24 heavy (non-hydrogen) atoms. The molecule has 2 saturated carbocycles. The Bertz CT molecular complexity index is 732. The molecule has 5 rings (SSSR count). The number of carboxylic acid groups (broad SMARTS) is 2. The van der Waals surface area contributed by atoms with Crippen LogP contribution in [0.4, 0.5) is 0 Å². The Balaban J connectivity index is 1.98. The van der Waals surface area contributed by atoms with Gasteiger partial charge < -0.3 is 15.3 Å². The number of aliphatic hydroxyl groups is 1. The van der Waals surface area contributed by atoms with Crippen LogP contribution in [0.1, 0.15) is 32.6 Å². The first-order valence-corrected chi connectivity index (χ1v) is 8.48. The van der Waals surface area contributed by atoms with Crippen LogP contribution in [0.25, 0.3) is 0 Å². The fourth-order valence-corrected chi connectivity index (χ4v) is 5.74. The van der Waals surface area contributed by atoms with Gasteiger partial charge in [0.2, 0.25) is 0 Å². The van der Waals surface area contributed by atoms with E-state index >= 15 is 0 Å². The van der Waals surface area contributed by atoms with Crippen molar-refractivity contribution in [2.75, 3.05) is 0 Å². The van der Waals surface area contributed by atoms with Crippen molar-refractivity contribution in [2.24, 2.45) is 28.6 Å². The Kier molecular flexibility index (Phi) is 3.00. The van der Waals surface area contributed by atoms with Gasteiger partial charge in [-0.1, -0.05) is 29.9 Å². The highest BCUT2D eigenvalue weighted by Gasteiger charge is 2.67. The molecule has 5 aliphatic rings. The molecular weight excluding hydrogens is 308 g/mol. The monoisotopic (exact) mass is 330 g/mol. The van der Waals surface area contributed by atoms with Crippen molar-refractivity contribution in [3.8, 4) is 0 Å². The SMILES string of the molecule is C=C1C[C@@]23CC[C@@H]1C=C2[C@@H](C(=O)O)[C@H]1C3=CC[C@@H](O)[C@@]1(C)C(=O)O. The lowest BCUT2D eigenvalue weighted by atomic mass is 9.56. The summed E-state index contributed by atoms with van der Waals surface area (Å²) in [5.74, 6) is -3.49. The molecule has 0 aromatic carbocycles. The minimum absolute atomic E-state index is 0.200. The summed E-state index contributed by atoms with van der Waals surface area (Å²) in [5.41, 5.74) is 1.00. The van der Waals surface area contributed by atoms with Gasteiger partial charge in [-0.15, -0.1) is 0 Å². The lowest BCUT2D eigenvalue weighted by molar-refractivity contribution is -0.163. The predicted molar refractivity (Wildman–Crippen MR) is 86.1 cm³/mol. The minimum Gasteiger partial charge on any atom is -0.481 e. The molecule has 5 nitrogen and oxygen atoms in total. The molecule has 0 aromatic rings. The van der Waals surface area contributed by atoms with Crippen LogP contribution in [0.5, 0.6) is 0 Å². The third-order valence-electron chi connectivity index (χ3n) is 7.05. The molecule has 0 radical (unpaired) electrons. The Hall–Kier alpha value is -1.88. The summed E-state index contributed by atoms with van der Waals surface area (Å²) >= 11 is 0. The van der Waals surface area contributed by atoms with Crippen molar-refractivity contribution in [2.45, 2.75) is 38.7 Å². The summed E-state index contributed by atoms with van der Waals surface area (Å²) in [7, 11) is 0. The lowest BCUT2D eigenvalue weighted by Crippen LogP contribution is -2.51. The summed E-state index contributed by atoms with van der Waals surface area (Å²) in [6, 6.07) is 0. The maximum Gasteiger partial charge on any atom is 0.312 e. The van der Waals surface area contributed by atoms with Gasteiger partial charge >= 0.3 is 11.9 Å². The van der Waals surface area contributed by atoms with Crippen molar-refractivity contribution in [1.29, 1.82) is 0 Å². The molecule has 3 N–H and O–H groups in total. The molecule has 0 aromatic heterocycles. The molecule has 128 valence electrons. The zero-order chi connectivity index (χ0) is 17.4. The molecule has 2 fully saturated rings. The zero-order valence-corrected chi connectivity index (χ0v) is 13.7. The average Bonchev–Trinajstić information content (AvgIpc) is 2.81. The average molecular weight is 330 g/mol. The van der Waals surface area contributed by atoms with E-state index in [4.69, 9.17) is 0 Å². The van der Waals surface area contributed by atoms with Crippen LogP contribution in [-0.2, 0) is 9.59 Å². The molecule has 0 heterocycles. The molecular formula is C19H22O5. The summed E-state index contributed by atoms with van der Waals surface area (Å²) < 4.78 is 0. The van der Waals surface area contributed by atoms with Gasteiger partial charge in [-0.3, -0.25) is 9.59 Å². The fraction of sp³-hybridized carbons (Fsp3) is 0.579. The van der Waals surface area contributed by atoms with Gasteiger partial charge in [-0.05, 0) is 44.1 Å². The van der Waals surface area contributed by atoms with Crippen molar-refractivity contribution >= 4 is 11.9 Å². The number of aliphatic hydroxyl groups excluding tert-OH is 1. The Morgan fingerprint density at radius 3 is 2.58 bits per heavy atom. The van der Waals surface area contributed by atoms with E-state index in [0.717, 1.165) is 29.6 Å². The summed E-state index contributed by atoms with van der Waals surface area (Å²) in [4.78, 5) is 24.2. The fourth-order valence-electron chi connectivity index (χ4n) is 5.74. The molecule has 2 bridgehead atoms. The number of carboxylic acids is 2. The highest BCUT2D eigenvalue weighted by Crippen LogP contribution is 2.70. The number of fused-ring (bicyclic) bond motifs is 3. The van der Waals surface area contributed by atoms with Gasteiger partial charge in [0.25, 0.3) is 0 Å². The summed E-state index contributed by atoms with van der Waals surface area (Å²) in [6.07, 6.45) is 5.61. The standard InChI is InChI=1S/C19H22O5/c1-9-8-19-6-5-10(9)7-12(19)14(16(21)22)15-11(19)3-4-13(20)18(15,2)17(23)24/h3,7,10,13-15,20H,1,4-6,8H2,2H3,(H,21,22)(H,23,24)/t10-,13-,14-,15-,18-,19-/m1/s1. The first kappa shape index (κ1) is 15.6. The van der Waals surface area contributed by atoms with Crippen molar-refractivity contribution in [3.05, 3.63) is 35.5 Å². The van der Waals surface area contributed by atoms with Crippen LogP contribution < -0.4 is 0 Å². The van der Waals surface area contributed by atoms with Crippen molar-refractivity contribution < 1.29 is 24.9 Å². The van der Waals surface area contributed by atoms with Crippen LogP contribution in [0.15, 0.2) is 35.5 Å². The van der Waals surface area contributed by atoms with E-state index in [1.165, 1.54) is 6.92 Å². The normalized spacial score (nSPS) is 46.0. The van der Waals surface area contributed by atoms with Crippen molar-refractivity contribution in [3.63, 3.8) is 0 Å². The second-order valence-electron chi connectivity index (χ2n) is 7.98. The largest absolute Gasteiger partial charge is 0.481 e. The number of aliphatic carboxylic acids is 2. The molecule has 5 aliphatic carbocycles. The Morgan fingerprint density at radius 2 is 2.00 bits per heavy atom. The second kappa shape index (κ2) is 4.60. The molecule has 6 atom stereocenters. The topological polar surface area (TPSA) is 94.8 Å². The van der Waals surface area contributed by atoms with Gasteiger partial charge in [0, 0.05) is 11.3 Å². The minimum atomic E-state index is -1.49. The number of carbonyl (C=O) groups is 2. The van der Waals surface area contributed by atoms with E-state index in [1.807, 2.05) is 12.2 Å². The van der Waals surface area contributed by atoms with E-state index in [2.05, 4.69) is 6.58 Å². The van der Waals surface area contributed by atoms with E-state index < -0.39 is 40.7 Å². The molecule has 0 amide bonds. The maximum absolute atomic E-state index is 12.1. The molecule has 5 heteroatoms. The molecule has 0 aliphatic heterocycles. The van der Waals surface area contributed by atoms with Crippen molar-refractivity contribution in [1.82, 2.24) is 0 Å². The smallest absolute Gasteiger partial charge is 0.312 e. The second-order valence-corrected chi connectivity index (χ2v) is 7.98. The molecule has 1 spiro atoms. The number of rotatable bonds is 2. The Morgan fingerprint density at radius 1 is 1.29 bits per heavy atom. The van der Waals surface area contributed by atoms with Gasteiger partial charge in [0.05, 0.1) is 17.4 Å². The highest BCUT2D eigenvalue weighted by atomic mass is 16.4. The van der Waals surface area contributed by atoms with Gasteiger partial charge in [-0.2, -0.15) is 0 Å². The van der Waals surface area contributed by atoms with E-state index in [9.17, 15) is 24.9 Å². The van der Waals surface area contributed by atoms with Gasteiger partial charge in [0.1, 0.15) is 0 Å². The zero-order valence-electron chi connectivity index (χ0n) is 13.7. The van der Waals surface area contributed by atoms with Crippen LogP contribution in [0, 0.1) is 28.6 Å². The lowest BCUT2D eigenvalue weighted by Gasteiger charge is -2.48. The summed E-state index contributed by atoms with van der Waals surface area (Å²) in [5, 5.41) is 30.2. The first-order chi connectivity index (χ1) is 11.2. The van der Waals surface area contributed by atoms with Crippen LogP contribution in [0.3, 0.4) is 0 Å². The van der Waals surface area contributed by atoms with Crippen LogP contribution in [-0.4, -0.2) is 33.4 Å². The summed E-state index contributed by atoms with van der Waals surface area (Å²) in [6.45, 7) is 5.66. The molecule has 0 unspecified atom stereocenters. The quantitative estimate of drug-likeness (QED) is 0.676. The van der Waals surface area contributed by atoms with Crippen LogP contribution >= 0.6 is 0 Å². The first-order valence-electron chi connectivity index (χ1n) is 8.48. The molecule has 0 saturated heterocycles. The number of hydrogen-bond donors (Lipinski definition) is 3. The van der Waals surface area contributed by atoms with E-state index in [-0.39, 0.29) is 12.3 Å². The van der Waals surface area contributed by atoms with E-state index in [1.54, 1.807) is 0 Å². The predicted octanol–water partition coefficient (Wildman–Crippen LogP) is 2.38. The number of allylic oxidation sites excluding steroid dienone is 3. The highest BCUT2D eigenvalue weighted by molar-refractivity contribution is 5.84. The third kappa shape index (κ3) is 1.59. The maximum atomic E-state index is 12.1. The van der Waals surface area contributed by atoms with Gasteiger partial charge in [0.15, 0.2) is 0 Å².